The highest BCUT2D eigenvalue weighted by molar-refractivity contribution is 4.79. The second-order valence-electron chi connectivity index (χ2n) is 5.39. The van der Waals surface area contributed by atoms with Crippen LogP contribution in [0.25, 0.3) is 0 Å². The smallest absolute Gasteiger partial charge is 0.0900 e. The number of methoxy groups -OCH3 is 1. The van der Waals surface area contributed by atoms with Crippen molar-refractivity contribution in [3.63, 3.8) is 0 Å². The molecule has 0 aromatic carbocycles. The predicted molar refractivity (Wildman–Crippen MR) is 76.5 cm³/mol. The van der Waals surface area contributed by atoms with Gasteiger partial charge in [-0.15, -0.1) is 0 Å². The summed E-state index contributed by atoms with van der Waals surface area (Å²) >= 11 is 0. The first-order chi connectivity index (χ1) is 9.17. The number of β-amino-alcohol motifs (C(OH)–C–C–N with tert-alkyl or cyclic N) is 1. The lowest BCUT2D eigenvalue weighted by Crippen LogP contribution is -2.44. The fraction of sp³-hybridized carbons (Fsp3) is 1.00. The van der Waals surface area contributed by atoms with E-state index < -0.39 is 6.10 Å². The van der Waals surface area contributed by atoms with Crippen molar-refractivity contribution in [1.29, 1.82) is 0 Å². The van der Waals surface area contributed by atoms with Crippen molar-refractivity contribution in [2.75, 3.05) is 60.2 Å². The maximum Gasteiger partial charge on any atom is 0.0900 e. The SMILES string of the molecule is CCC1CN(C)CCCN1CC(O)COCCOC. The largest absolute Gasteiger partial charge is 0.389 e. The summed E-state index contributed by atoms with van der Waals surface area (Å²) in [6, 6.07) is 0.543. The molecule has 1 N–H and O–H groups in total. The van der Waals surface area contributed by atoms with Crippen LogP contribution in [0.4, 0.5) is 0 Å². The van der Waals surface area contributed by atoms with E-state index in [4.69, 9.17) is 9.47 Å². The third-order valence-electron chi connectivity index (χ3n) is 3.68. The molecule has 1 saturated heterocycles. The Labute approximate surface area is 117 Å². The van der Waals surface area contributed by atoms with Crippen LogP contribution in [0, 0.1) is 0 Å². The van der Waals surface area contributed by atoms with E-state index in [1.165, 1.54) is 6.42 Å². The fourth-order valence-corrected chi connectivity index (χ4v) is 2.61. The number of ether oxygens (including phenoxy) is 2. The summed E-state index contributed by atoms with van der Waals surface area (Å²) in [5.41, 5.74) is 0. The van der Waals surface area contributed by atoms with Gasteiger partial charge < -0.3 is 19.5 Å². The summed E-state index contributed by atoms with van der Waals surface area (Å²) in [4.78, 5) is 4.80. The van der Waals surface area contributed by atoms with E-state index in [9.17, 15) is 5.11 Å². The lowest BCUT2D eigenvalue weighted by Gasteiger charge is -2.31. The Morgan fingerprint density at radius 3 is 2.79 bits per heavy atom. The number of aliphatic hydroxyl groups is 1. The highest BCUT2D eigenvalue weighted by Gasteiger charge is 2.23. The van der Waals surface area contributed by atoms with Crippen LogP contribution in [0.15, 0.2) is 0 Å². The van der Waals surface area contributed by atoms with E-state index in [1.54, 1.807) is 7.11 Å². The molecule has 114 valence electrons. The molecule has 0 spiro atoms. The standard InChI is InChI=1S/C14H30N2O3/c1-4-13-10-15(2)6-5-7-16(13)11-14(17)12-19-9-8-18-3/h13-14,17H,4-12H2,1-3H3. The molecule has 1 rings (SSSR count). The molecule has 0 amide bonds. The fourth-order valence-electron chi connectivity index (χ4n) is 2.61. The minimum atomic E-state index is -0.408. The molecule has 0 aromatic heterocycles. The lowest BCUT2D eigenvalue weighted by atomic mass is 10.1. The highest BCUT2D eigenvalue weighted by atomic mass is 16.5. The number of hydrogen-bond donors (Lipinski definition) is 1. The first kappa shape index (κ1) is 16.9. The number of rotatable bonds is 8. The molecule has 2 atom stereocenters. The second-order valence-corrected chi connectivity index (χ2v) is 5.39. The summed E-state index contributed by atoms with van der Waals surface area (Å²) in [6.07, 6.45) is 1.89. The van der Waals surface area contributed by atoms with E-state index in [0.29, 0.717) is 32.4 Å². The quantitative estimate of drug-likeness (QED) is 0.650. The van der Waals surface area contributed by atoms with Crippen molar-refractivity contribution in [1.82, 2.24) is 9.80 Å². The van der Waals surface area contributed by atoms with E-state index in [0.717, 1.165) is 26.1 Å². The molecule has 2 unspecified atom stereocenters. The van der Waals surface area contributed by atoms with Crippen LogP contribution in [0.5, 0.6) is 0 Å². The third kappa shape index (κ3) is 6.68. The topological polar surface area (TPSA) is 45.2 Å². The summed E-state index contributed by atoms with van der Waals surface area (Å²) < 4.78 is 10.3. The molecule has 5 nitrogen and oxygen atoms in total. The number of nitrogens with zero attached hydrogens (tertiary/aromatic N) is 2. The molecule has 1 aliphatic heterocycles. The summed E-state index contributed by atoms with van der Waals surface area (Å²) in [7, 11) is 3.83. The average molecular weight is 274 g/mol. The molecule has 0 aliphatic carbocycles. The van der Waals surface area contributed by atoms with Crippen LogP contribution in [0.3, 0.4) is 0 Å². The molecule has 19 heavy (non-hydrogen) atoms. The Morgan fingerprint density at radius 1 is 1.32 bits per heavy atom. The molecule has 0 aromatic rings. The summed E-state index contributed by atoms with van der Waals surface area (Å²) in [5, 5.41) is 10.1. The summed E-state index contributed by atoms with van der Waals surface area (Å²) in [5.74, 6) is 0. The van der Waals surface area contributed by atoms with Gasteiger partial charge in [-0.1, -0.05) is 6.92 Å². The van der Waals surface area contributed by atoms with Crippen molar-refractivity contribution in [3.8, 4) is 0 Å². The molecule has 1 heterocycles. The Balaban J connectivity index is 2.31. The maximum absolute atomic E-state index is 10.1. The van der Waals surface area contributed by atoms with Gasteiger partial charge in [0.2, 0.25) is 0 Å². The zero-order chi connectivity index (χ0) is 14.1. The Bertz CT molecular complexity index is 229. The normalized spacial score (nSPS) is 24.3. The molecule has 5 heteroatoms. The highest BCUT2D eigenvalue weighted by Crippen LogP contribution is 2.12. The maximum atomic E-state index is 10.1. The van der Waals surface area contributed by atoms with E-state index >= 15 is 0 Å². The lowest BCUT2D eigenvalue weighted by molar-refractivity contribution is -0.00628. The van der Waals surface area contributed by atoms with Crippen molar-refractivity contribution in [3.05, 3.63) is 0 Å². The average Bonchev–Trinajstić information content (AvgIpc) is 2.56. The Morgan fingerprint density at radius 2 is 2.11 bits per heavy atom. The van der Waals surface area contributed by atoms with Gasteiger partial charge in [-0.3, -0.25) is 4.90 Å². The molecule has 0 bridgehead atoms. The molecule has 0 radical (unpaired) electrons. The Kier molecular flexibility index (Phi) is 8.57. The van der Waals surface area contributed by atoms with E-state index in [-0.39, 0.29) is 0 Å². The second kappa shape index (κ2) is 9.66. The van der Waals surface area contributed by atoms with Gasteiger partial charge in [0, 0.05) is 26.2 Å². The van der Waals surface area contributed by atoms with Crippen LogP contribution in [0.1, 0.15) is 19.8 Å². The monoisotopic (exact) mass is 274 g/mol. The van der Waals surface area contributed by atoms with Crippen molar-refractivity contribution in [2.24, 2.45) is 0 Å². The van der Waals surface area contributed by atoms with Crippen molar-refractivity contribution in [2.45, 2.75) is 31.9 Å². The number of hydrogen-bond acceptors (Lipinski definition) is 5. The van der Waals surface area contributed by atoms with Gasteiger partial charge in [0.15, 0.2) is 0 Å². The zero-order valence-electron chi connectivity index (χ0n) is 12.7. The minimum Gasteiger partial charge on any atom is -0.389 e. The van der Waals surface area contributed by atoms with Crippen LogP contribution in [0.2, 0.25) is 0 Å². The molecule has 1 fully saturated rings. The molecule has 0 saturated carbocycles. The third-order valence-corrected chi connectivity index (χ3v) is 3.68. The van der Waals surface area contributed by atoms with Gasteiger partial charge >= 0.3 is 0 Å². The first-order valence-corrected chi connectivity index (χ1v) is 7.34. The molecular formula is C14H30N2O3. The minimum absolute atomic E-state index is 0.395. The van der Waals surface area contributed by atoms with E-state index in [2.05, 4.69) is 23.8 Å². The van der Waals surface area contributed by atoms with Crippen LogP contribution in [-0.2, 0) is 9.47 Å². The van der Waals surface area contributed by atoms with Gasteiger partial charge in [0.05, 0.1) is 25.9 Å². The van der Waals surface area contributed by atoms with Crippen LogP contribution >= 0.6 is 0 Å². The van der Waals surface area contributed by atoms with Gasteiger partial charge in [0.1, 0.15) is 0 Å². The molecular weight excluding hydrogens is 244 g/mol. The van der Waals surface area contributed by atoms with Crippen molar-refractivity contribution < 1.29 is 14.6 Å². The molecule has 1 aliphatic rings. The Hall–Kier alpha value is -0.200. The van der Waals surface area contributed by atoms with Crippen LogP contribution in [-0.4, -0.2) is 87.2 Å². The summed E-state index contributed by atoms with van der Waals surface area (Å²) in [6.45, 7) is 7.76. The van der Waals surface area contributed by atoms with E-state index in [1.807, 2.05) is 0 Å². The van der Waals surface area contributed by atoms with Crippen LogP contribution < -0.4 is 0 Å². The number of aliphatic hydroxyl groups excluding tert-OH is 1. The van der Waals surface area contributed by atoms with Gasteiger partial charge in [-0.2, -0.15) is 0 Å². The van der Waals surface area contributed by atoms with Gasteiger partial charge in [-0.05, 0) is 33.0 Å². The first-order valence-electron chi connectivity index (χ1n) is 7.34. The van der Waals surface area contributed by atoms with Gasteiger partial charge in [0.25, 0.3) is 0 Å². The van der Waals surface area contributed by atoms with Gasteiger partial charge in [-0.25, -0.2) is 0 Å². The number of likely N-dealkylation sites (N-methyl/N-ethyl adjacent to an activating group) is 1. The predicted octanol–water partition coefficient (Wildman–Crippen LogP) is 0.426. The van der Waals surface area contributed by atoms with Crippen molar-refractivity contribution >= 4 is 0 Å². The zero-order valence-corrected chi connectivity index (χ0v) is 12.7.